The second-order valence-electron chi connectivity index (χ2n) is 6.87. The lowest BCUT2D eigenvalue weighted by Gasteiger charge is -2.23. The van der Waals surface area contributed by atoms with Gasteiger partial charge in [-0.2, -0.15) is 4.31 Å². The third-order valence-corrected chi connectivity index (χ3v) is 8.28. The molecule has 0 radical (unpaired) electrons. The average Bonchev–Trinajstić information content (AvgIpc) is 3.44. The van der Waals surface area contributed by atoms with Crippen molar-refractivity contribution in [2.45, 2.75) is 29.5 Å². The fourth-order valence-electron chi connectivity index (χ4n) is 3.45. The third kappa shape index (κ3) is 5.18. The number of rotatable bonds is 8. The van der Waals surface area contributed by atoms with Crippen LogP contribution in [0.25, 0.3) is 0 Å². The lowest BCUT2D eigenvalue weighted by Crippen LogP contribution is -2.47. The molecule has 3 rings (SSSR count). The molecular formula is C20H25N3O5S2. The molecule has 0 bridgehead atoms. The fourth-order valence-corrected chi connectivity index (χ4v) is 6.26. The van der Waals surface area contributed by atoms with Gasteiger partial charge in [0.05, 0.1) is 7.11 Å². The molecule has 1 fully saturated rings. The summed E-state index contributed by atoms with van der Waals surface area (Å²) in [6.07, 6.45) is 1.88. The van der Waals surface area contributed by atoms with Crippen molar-refractivity contribution in [2.24, 2.45) is 0 Å². The Balaban J connectivity index is 1.48. The van der Waals surface area contributed by atoms with Gasteiger partial charge >= 0.3 is 11.8 Å². The molecule has 1 aliphatic heterocycles. The van der Waals surface area contributed by atoms with E-state index in [-0.39, 0.29) is 23.3 Å². The molecule has 10 heteroatoms. The third-order valence-electron chi connectivity index (χ3n) is 4.96. The molecule has 1 aromatic carbocycles. The molecule has 162 valence electrons. The van der Waals surface area contributed by atoms with E-state index in [1.165, 1.54) is 15.6 Å². The Morgan fingerprint density at radius 3 is 2.67 bits per heavy atom. The lowest BCUT2D eigenvalue weighted by molar-refractivity contribution is -0.139. The van der Waals surface area contributed by atoms with Gasteiger partial charge in [0.1, 0.15) is 9.96 Å². The number of thiophene rings is 1. The molecule has 2 aromatic rings. The van der Waals surface area contributed by atoms with Crippen LogP contribution in [0.3, 0.4) is 0 Å². The number of hydrogen-bond donors (Lipinski definition) is 2. The van der Waals surface area contributed by atoms with Crippen molar-refractivity contribution in [1.29, 1.82) is 0 Å². The average molecular weight is 452 g/mol. The Morgan fingerprint density at radius 1 is 1.17 bits per heavy atom. The molecule has 1 atom stereocenters. The minimum absolute atomic E-state index is 0.101. The van der Waals surface area contributed by atoms with E-state index in [0.29, 0.717) is 19.4 Å². The number of nitrogens with one attached hydrogen (secondary N) is 2. The van der Waals surface area contributed by atoms with Gasteiger partial charge in [-0.05, 0) is 42.3 Å². The van der Waals surface area contributed by atoms with Crippen molar-refractivity contribution < 1.29 is 22.7 Å². The number of benzene rings is 1. The monoisotopic (exact) mass is 451 g/mol. The molecule has 2 N–H and O–H groups in total. The number of para-hydroxylation sites is 1. The summed E-state index contributed by atoms with van der Waals surface area (Å²) in [5.74, 6) is -0.782. The van der Waals surface area contributed by atoms with Crippen LogP contribution in [0.2, 0.25) is 0 Å². The van der Waals surface area contributed by atoms with Gasteiger partial charge in [0.15, 0.2) is 0 Å². The number of ether oxygens (including phenoxy) is 1. The lowest BCUT2D eigenvalue weighted by atomic mass is 10.1. The maximum absolute atomic E-state index is 12.7. The Kier molecular flexibility index (Phi) is 7.46. The van der Waals surface area contributed by atoms with Crippen molar-refractivity contribution in [3.63, 3.8) is 0 Å². The SMILES string of the molecule is COc1ccccc1CCNC(=O)C(=O)NC[C@H]1CCCN1S(=O)(=O)c1cccs1. The highest BCUT2D eigenvalue weighted by Crippen LogP contribution is 2.28. The normalized spacial score (nSPS) is 16.9. The second-order valence-corrected chi connectivity index (χ2v) is 9.94. The summed E-state index contributed by atoms with van der Waals surface area (Å²) in [5, 5.41) is 6.87. The minimum atomic E-state index is -3.58. The highest BCUT2D eigenvalue weighted by Gasteiger charge is 2.36. The molecule has 0 spiro atoms. The Morgan fingerprint density at radius 2 is 1.93 bits per heavy atom. The van der Waals surface area contributed by atoms with Crippen LogP contribution in [0.15, 0.2) is 46.0 Å². The van der Waals surface area contributed by atoms with Crippen LogP contribution >= 0.6 is 11.3 Å². The molecular weight excluding hydrogens is 426 g/mol. The van der Waals surface area contributed by atoms with Gasteiger partial charge in [-0.3, -0.25) is 9.59 Å². The zero-order valence-electron chi connectivity index (χ0n) is 16.7. The van der Waals surface area contributed by atoms with E-state index in [2.05, 4.69) is 10.6 Å². The van der Waals surface area contributed by atoms with Crippen molar-refractivity contribution >= 4 is 33.2 Å². The number of nitrogens with zero attached hydrogens (tertiary/aromatic N) is 1. The number of carbonyl (C=O) groups excluding carboxylic acids is 2. The van der Waals surface area contributed by atoms with Crippen LogP contribution < -0.4 is 15.4 Å². The number of hydrogen-bond acceptors (Lipinski definition) is 6. The predicted molar refractivity (Wildman–Crippen MR) is 114 cm³/mol. The number of amides is 2. The summed E-state index contributed by atoms with van der Waals surface area (Å²) in [5.41, 5.74) is 0.932. The molecule has 0 aliphatic carbocycles. The van der Waals surface area contributed by atoms with E-state index in [1.54, 1.807) is 24.6 Å². The topological polar surface area (TPSA) is 105 Å². The van der Waals surface area contributed by atoms with Gasteiger partial charge in [0.25, 0.3) is 10.0 Å². The van der Waals surface area contributed by atoms with Gasteiger partial charge < -0.3 is 15.4 Å². The first-order chi connectivity index (χ1) is 14.4. The summed E-state index contributed by atoms with van der Waals surface area (Å²) in [4.78, 5) is 24.2. The fraction of sp³-hybridized carbons (Fsp3) is 0.400. The molecule has 2 heterocycles. The van der Waals surface area contributed by atoms with Crippen LogP contribution in [0.1, 0.15) is 18.4 Å². The highest BCUT2D eigenvalue weighted by molar-refractivity contribution is 7.91. The number of methoxy groups -OCH3 is 1. The van der Waals surface area contributed by atoms with Crippen LogP contribution in [0.4, 0.5) is 0 Å². The van der Waals surface area contributed by atoms with Crippen LogP contribution in [0, 0.1) is 0 Å². The van der Waals surface area contributed by atoms with Gasteiger partial charge in [0.2, 0.25) is 0 Å². The summed E-state index contributed by atoms with van der Waals surface area (Å²) in [6.45, 7) is 0.796. The first kappa shape index (κ1) is 22.3. The standard InChI is InChI=1S/C20H25N3O5S2/c1-28-17-8-3-2-6-15(17)10-11-21-19(24)20(25)22-14-16-7-4-12-23(16)30(26,27)18-9-5-13-29-18/h2-3,5-6,8-9,13,16H,4,7,10-12,14H2,1H3,(H,21,24)(H,22,25)/t16-/m1/s1. The zero-order chi connectivity index (χ0) is 21.6. The van der Waals surface area contributed by atoms with E-state index in [0.717, 1.165) is 17.7 Å². The van der Waals surface area contributed by atoms with Crippen molar-refractivity contribution in [2.75, 3.05) is 26.7 Å². The summed E-state index contributed by atoms with van der Waals surface area (Å²) < 4.78 is 32.5. The molecule has 1 aliphatic rings. The van der Waals surface area contributed by atoms with Crippen molar-refractivity contribution in [3.05, 3.63) is 47.3 Å². The highest BCUT2D eigenvalue weighted by atomic mass is 32.2. The van der Waals surface area contributed by atoms with Crippen molar-refractivity contribution in [1.82, 2.24) is 14.9 Å². The second kappa shape index (κ2) is 10.1. The maximum atomic E-state index is 12.7. The first-order valence-corrected chi connectivity index (χ1v) is 12.0. The summed E-state index contributed by atoms with van der Waals surface area (Å²) >= 11 is 1.17. The van der Waals surface area contributed by atoms with Gasteiger partial charge in [-0.15, -0.1) is 11.3 Å². The van der Waals surface area contributed by atoms with E-state index >= 15 is 0 Å². The van der Waals surface area contributed by atoms with E-state index in [1.807, 2.05) is 24.3 Å². The largest absolute Gasteiger partial charge is 0.496 e. The van der Waals surface area contributed by atoms with Crippen LogP contribution in [-0.4, -0.2) is 57.3 Å². The van der Waals surface area contributed by atoms with Gasteiger partial charge in [0, 0.05) is 25.7 Å². The van der Waals surface area contributed by atoms with Gasteiger partial charge in [-0.25, -0.2) is 8.42 Å². The molecule has 8 nitrogen and oxygen atoms in total. The molecule has 30 heavy (non-hydrogen) atoms. The summed E-state index contributed by atoms with van der Waals surface area (Å²) in [7, 11) is -2.00. The van der Waals surface area contributed by atoms with E-state index < -0.39 is 21.8 Å². The Bertz CT molecular complexity index is 976. The molecule has 1 saturated heterocycles. The zero-order valence-corrected chi connectivity index (χ0v) is 18.3. The molecule has 1 aromatic heterocycles. The van der Waals surface area contributed by atoms with Crippen LogP contribution in [0.5, 0.6) is 5.75 Å². The maximum Gasteiger partial charge on any atom is 0.309 e. The Labute approximate surface area is 180 Å². The number of sulfonamides is 1. The molecule has 2 amide bonds. The van der Waals surface area contributed by atoms with Crippen molar-refractivity contribution in [3.8, 4) is 5.75 Å². The summed E-state index contributed by atoms with van der Waals surface area (Å²) in [6, 6.07) is 10.4. The minimum Gasteiger partial charge on any atom is -0.496 e. The first-order valence-electron chi connectivity index (χ1n) is 9.66. The molecule has 0 unspecified atom stereocenters. The van der Waals surface area contributed by atoms with Gasteiger partial charge in [-0.1, -0.05) is 24.3 Å². The molecule has 0 saturated carbocycles. The number of carbonyl (C=O) groups is 2. The smallest absolute Gasteiger partial charge is 0.309 e. The quantitative estimate of drug-likeness (QED) is 0.590. The van der Waals surface area contributed by atoms with Crippen LogP contribution in [-0.2, 0) is 26.0 Å². The van der Waals surface area contributed by atoms with E-state index in [9.17, 15) is 18.0 Å². The Hall–Kier alpha value is -2.43. The predicted octanol–water partition coefficient (Wildman–Crippen LogP) is 1.38. The van der Waals surface area contributed by atoms with E-state index in [4.69, 9.17) is 4.74 Å².